The summed E-state index contributed by atoms with van der Waals surface area (Å²) < 4.78 is 5.21. The smallest absolute Gasteiger partial charge is 0.323 e. The Morgan fingerprint density at radius 3 is 2.48 bits per heavy atom. The molecule has 0 heterocycles. The molecular formula is C18H25NO2. The molecule has 0 bridgehead atoms. The highest BCUT2D eigenvalue weighted by Crippen LogP contribution is 2.24. The molecule has 0 saturated heterocycles. The van der Waals surface area contributed by atoms with Crippen LogP contribution in [-0.4, -0.2) is 30.1 Å². The Morgan fingerprint density at radius 1 is 1.29 bits per heavy atom. The molecule has 0 amide bonds. The lowest BCUT2D eigenvalue weighted by Gasteiger charge is -2.34. The van der Waals surface area contributed by atoms with Crippen LogP contribution in [0, 0.1) is 0 Å². The van der Waals surface area contributed by atoms with Crippen LogP contribution in [0.25, 0.3) is 0 Å². The number of esters is 1. The van der Waals surface area contributed by atoms with Gasteiger partial charge in [-0.25, -0.2) is 0 Å². The van der Waals surface area contributed by atoms with Crippen LogP contribution in [0.2, 0.25) is 0 Å². The molecule has 0 radical (unpaired) electrons. The summed E-state index contributed by atoms with van der Waals surface area (Å²) in [7, 11) is 0. The average molecular weight is 287 g/mol. The van der Waals surface area contributed by atoms with Crippen molar-refractivity contribution in [3.63, 3.8) is 0 Å². The second kappa shape index (κ2) is 9.14. The van der Waals surface area contributed by atoms with Crippen molar-refractivity contribution in [2.24, 2.45) is 0 Å². The number of rotatable bonds is 9. The fourth-order valence-electron chi connectivity index (χ4n) is 2.39. The molecule has 0 aromatic heterocycles. The van der Waals surface area contributed by atoms with E-state index < -0.39 is 0 Å². The van der Waals surface area contributed by atoms with Crippen LogP contribution in [0.1, 0.15) is 31.9 Å². The van der Waals surface area contributed by atoms with Gasteiger partial charge in [0, 0.05) is 12.6 Å². The first-order chi connectivity index (χ1) is 10.2. The van der Waals surface area contributed by atoms with E-state index in [0.717, 1.165) is 5.56 Å². The van der Waals surface area contributed by atoms with Crippen molar-refractivity contribution in [1.29, 1.82) is 0 Å². The molecular weight excluding hydrogens is 262 g/mol. The number of carbonyl (C=O) groups is 1. The summed E-state index contributed by atoms with van der Waals surface area (Å²) in [5, 5.41) is 0. The number of carbonyl (C=O) groups excluding carboxylic acids is 1. The molecule has 2 atom stereocenters. The molecule has 0 aliphatic carbocycles. The Kier molecular flexibility index (Phi) is 7.48. The second-order valence-electron chi connectivity index (χ2n) is 4.86. The molecule has 21 heavy (non-hydrogen) atoms. The summed E-state index contributed by atoms with van der Waals surface area (Å²) in [6, 6.07) is 9.89. The number of hydrogen-bond donors (Lipinski definition) is 0. The Hall–Kier alpha value is -1.87. The van der Waals surface area contributed by atoms with Gasteiger partial charge in [-0.3, -0.25) is 9.69 Å². The molecule has 3 heteroatoms. The van der Waals surface area contributed by atoms with Crippen molar-refractivity contribution in [3.8, 4) is 0 Å². The van der Waals surface area contributed by atoms with Crippen LogP contribution in [0.15, 0.2) is 55.6 Å². The molecule has 0 saturated carbocycles. The summed E-state index contributed by atoms with van der Waals surface area (Å²) in [4.78, 5) is 14.3. The van der Waals surface area contributed by atoms with Crippen LogP contribution in [0.4, 0.5) is 0 Å². The minimum atomic E-state index is -0.337. The standard InChI is InChI=1S/C18H25NO2/c1-5-11-17(18(20)21-7-3)19(14-6-2)15(4)16-12-9-8-10-13-16/h5-6,8-10,12-13,15,17H,1-2,7,11,14H2,3-4H3/t15-,17?/m0/s1. The van der Waals surface area contributed by atoms with Gasteiger partial charge in [0.05, 0.1) is 6.61 Å². The van der Waals surface area contributed by atoms with Crippen LogP contribution in [-0.2, 0) is 9.53 Å². The number of nitrogens with zero attached hydrogens (tertiary/aromatic N) is 1. The molecule has 0 fully saturated rings. The maximum Gasteiger partial charge on any atom is 0.323 e. The number of benzene rings is 1. The van der Waals surface area contributed by atoms with E-state index in [1.54, 1.807) is 6.08 Å². The van der Waals surface area contributed by atoms with Crippen LogP contribution < -0.4 is 0 Å². The number of ether oxygens (including phenoxy) is 1. The van der Waals surface area contributed by atoms with Crippen LogP contribution in [0.5, 0.6) is 0 Å². The summed E-state index contributed by atoms with van der Waals surface area (Å²) in [6.07, 6.45) is 4.13. The van der Waals surface area contributed by atoms with E-state index >= 15 is 0 Å². The highest BCUT2D eigenvalue weighted by molar-refractivity contribution is 5.76. The normalized spacial score (nSPS) is 13.5. The molecule has 114 valence electrons. The minimum Gasteiger partial charge on any atom is -0.465 e. The quantitative estimate of drug-likeness (QED) is 0.512. The van der Waals surface area contributed by atoms with Gasteiger partial charge in [-0.05, 0) is 25.8 Å². The molecule has 3 nitrogen and oxygen atoms in total. The fraction of sp³-hybridized carbons (Fsp3) is 0.389. The van der Waals surface area contributed by atoms with Gasteiger partial charge in [-0.15, -0.1) is 13.2 Å². The van der Waals surface area contributed by atoms with Crippen molar-refractivity contribution < 1.29 is 9.53 Å². The first kappa shape index (κ1) is 17.2. The SMILES string of the molecule is C=CCC(C(=O)OCC)N(CC=C)[C@@H](C)c1ccccc1. The van der Waals surface area contributed by atoms with Crippen molar-refractivity contribution in [3.05, 3.63) is 61.2 Å². The van der Waals surface area contributed by atoms with Crippen molar-refractivity contribution in [2.45, 2.75) is 32.4 Å². The molecule has 0 spiro atoms. The van der Waals surface area contributed by atoms with E-state index in [9.17, 15) is 4.79 Å². The predicted octanol–water partition coefficient (Wildman–Crippen LogP) is 3.74. The first-order valence-electron chi connectivity index (χ1n) is 7.34. The third-order valence-electron chi connectivity index (χ3n) is 3.47. The minimum absolute atomic E-state index is 0.0959. The van der Waals surface area contributed by atoms with Gasteiger partial charge in [0.15, 0.2) is 0 Å². The highest BCUT2D eigenvalue weighted by Gasteiger charge is 2.29. The molecule has 0 N–H and O–H groups in total. The molecule has 0 aliphatic heterocycles. The van der Waals surface area contributed by atoms with E-state index in [4.69, 9.17) is 4.74 Å². The van der Waals surface area contributed by atoms with E-state index in [-0.39, 0.29) is 18.1 Å². The summed E-state index contributed by atoms with van der Waals surface area (Å²) in [5.74, 6) is -0.206. The molecule has 1 rings (SSSR count). The van der Waals surface area contributed by atoms with E-state index in [2.05, 4.69) is 37.1 Å². The van der Waals surface area contributed by atoms with E-state index in [0.29, 0.717) is 19.6 Å². The lowest BCUT2D eigenvalue weighted by atomic mass is 10.0. The monoisotopic (exact) mass is 287 g/mol. The van der Waals surface area contributed by atoms with Gasteiger partial charge < -0.3 is 4.74 Å². The first-order valence-corrected chi connectivity index (χ1v) is 7.34. The summed E-state index contributed by atoms with van der Waals surface area (Å²) in [5.41, 5.74) is 1.16. The van der Waals surface area contributed by atoms with Crippen molar-refractivity contribution in [2.75, 3.05) is 13.2 Å². The lowest BCUT2D eigenvalue weighted by molar-refractivity contribution is -0.150. The maximum atomic E-state index is 12.2. The Bertz CT molecular complexity index is 456. The number of hydrogen-bond acceptors (Lipinski definition) is 3. The largest absolute Gasteiger partial charge is 0.465 e. The van der Waals surface area contributed by atoms with E-state index in [1.165, 1.54) is 0 Å². The summed E-state index contributed by atoms with van der Waals surface area (Å²) in [6.45, 7) is 12.5. The van der Waals surface area contributed by atoms with Crippen molar-refractivity contribution >= 4 is 5.97 Å². The van der Waals surface area contributed by atoms with Gasteiger partial charge in [0.1, 0.15) is 6.04 Å². The second-order valence-corrected chi connectivity index (χ2v) is 4.86. The van der Waals surface area contributed by atoms with Crippen LogP contribution in [0.3, 0.4) is 0 Å². The third kappa shape index (κ3) is 4.87. The Morgan fingerprint density at radius 2 is 1.95 bits per heavy atom. The lowest BCUT2D eigenvalue weighted by Crippen LogP contribution is -2.43. The van der Waals surface area contributed by atoms with Gasteiger partial charge in [-0.2, -0.15) is 0 Å². The van der Waals surface area contributed by atoms with Crippen molar-refractivity contribution in [1.82, 2.24) is 4.90 Å². The van der Waals surface area contributed by atoms with Gasteiger partial charge in [0.2, 0.25) is 0 Å². The predicted molar refractivity (Wildman–Crippen MR) is 87.0 cm³/mol. The third-order valence-corrected chi connectivity index (χ3v) is 3.47. The molecule has 1 aromatic carbocycles. The maximum absolute atomic E-state index is 12.2. The van der Waals surface area contributed by atoms with Gasteiger partial charge in [-0.1, -0.05) is 42.5 Å². The molecule has 1 aromatic rings. The van der Waals surface area contributed by atoms with Gasteiger partial charge >= 0.3 is 5.97 Å². The Balaban J connectivity index is 3.02. The topological polar surface area (TPSA) is 29.5 Å². The molecule has 1 unspecified atom stereocenters. The highest BCUT2D eigenvalue weighted by atomic mass is 16.5. The zero-order chi connectivity index (χ0) is 15.7. The fourth-order valence-corrected chi connectivity index (χ4v) is 2.39. The Labute approximate surface area is 127 Å². The molecule has 0 aliphatic rings. The van der Waals surface area contributed by atoms with Gasteiger partial charge in [0.25, 0.3) is 0 Å². The zero-order valence-electron chi connectivity index (χ0n) is 13.0. The van der Waals surface area contributed by atoms with Crippen LogP contribution >= 0.6 is 0 Å². The van der Waals surface area contributed by atoms with E-state index in [1.807, 2.05) is 31.2 Å². The zero-order valence-corrected chi connectivity index (χ0v) is 13.0. The summed E-state index contributed by atoms with van der Waals surface area (Å²) >= 11 is 0. The average Bonchev–Trinajstić information content (AvgIpc) is 2.51.